The Morgan fingerprint density at radius 1 is 1.31 bits per heavy atom. The van der Waals surface area contributed by atoms with E-state index in [-0.39, 0.29) is 10.9 Å². The molecule has 29 heavy (non-hydrogen) atoms. The van der Waals surface area contributed by atoms with Gasteiger partial charge in [0.25, 0.3) is 0 Å². The van der Waals surface area contributed by atoms with E-state index in [1.807, 2.05) is 4.90 Å². The first-order chi connectivity index (χ1) is 14.2. The maximum atomic E-state index is 11.7. The second kappa shape index (κ2) is 8.57. The molecule has 0 bridgehead atoms. The number of nitrogens with one attached hydrogen (secondary N) is 2. The van der Waals surface area contributed by atoms with Crippen molar-refractivity contribution in [3.05, 3.63) is 59.0 Å². The van der Waals surface area contributed by atoms with Crippen molar-refractivity contribution in [2.45, 2.75) is 12.5 Å². The minimum Gasteiger partial charge on any atom is -0.733 e. The minimum atomic E-state index is -0.173. The highest BCUT2D eigenvalue weighted by atomic mass is 16.8. The van der Waals surface area contributed by atoms with E-state index in [0.717, 1.165) is 6.42 Å². The lowest BCUT2D eigenvalue weighted by Crippen LogP contribution is -2.37. The van der Waals surface area contributed by atoms with Crippen LogP contribution >= 0.6 is 0 Å². The fraction of sp³-hybridized carbons (Fsp3) is 0.381. The van der Waals surface area contributed by atoms with Gasteiger partial charge in [-0.25, -0.2) is 0 Å². The fourth-order valence-electron chi connectivity index (χ4n) is 4.10. The molecule has 8 heteroatoms. The predicted molar refractivity (Wildman–Crippen MR) is 112 cm³/mol. The number of morpholine rings is 1. The second-order valence-corrected chi connectivity index (χ2v) is 7.22. The number of nitrogens with zero attached hydrogens (tertiary/aromatic N) is 3. The topological polar surface area (TPSA) is 107 Å². The maximum absolute atomic E-state index is 11.7. The average molecular weight is 394 g/mol. The first kappa shape index (κ1) is 19.3. The number of benzene rings is 1. The van der Waals surface area contributed by atoms with E-state index in [0.29, 0.717) is 61.7 Å². The van der Waals surface area contributed by atoms with Gasteiger partial charge in [0.15, 0.2) is 0 Å². The number of ether oxygens (including phenoxy) is 1. The first-order valence-corrected chi connectivity index (χ1v) is 9.79. The molecule has 3 aliphatic rings. The standard InChI is InChI=1S/C21H24N5O3/c22-13-17-19(23-8-7-15-14-24-18-4-2-1-3-16(15)18)5-6-20(26(27)28)21(17)25-9-11-29-12-10-25/h1-6,14,16,18,23-24,27H,7-12H2/q-1. The van der Waals surface area contributed by atoms with Crippen LogP contribution in [0.3, 0.4) is 0 Å². The van der Waals surface area contributed by atoms with Gasteiger partial charge in [-0.2, -0.15) is 5.26 Å². The van der Waals surface area contributed by atoms with Gasteiger partial charge in [-0.1, -0.05) is 24.3 Å². The van der Waals surface area contributed by atoms with Gasteiger partial charge in [-0.15, -0.1) is 0 Å². The lowest BCUT2D eigenvalue weighted by Gasteiger charge is -2.35. The normalized spacial score (nSPS) is 22.5. The van der Waals surface area contributed by atoms with E-state index in [1.54, 1.807) is 12.1 Å². The molecule has 1 fully saturated rings. The van der Waals surface area contributed by atoms with Gasteiger partial charge in [0.05, 0.1) is 36.3 Å². The molecule has 2 atom stereocenters. The number of nitriles is 1. The zero-order valence-electron chi connectivity index (χ0n) is 16.0. The third-order valence-electron chi connectivity index (χ3n) is 5.56. The summed E-state index contributed by atoms with van der Waals surface area (Å²) in [5, 5.41) is 37.6. The van der Waals surface area contributed by atoms with Gasteiger partial charge in [-0.3, -0.25) is 5.21 Å². The van der Waals surface area contributed by atoms with Crippen molar-refractivity contribution in [1.82, 2.24) is 5.32 Å². The van der Waals surface area contributed by atoms with Crippen LogP contribution in [0, 0.1) is 22.5 Å². The molecule has 1 aliphatic carbocycles. The number of anilines is 3. The van der Waals surface area contributed by atoms with Crippen molar-refractivity contribution < 1.29 is 9.94 Å². The van der Waals surface area contributed by atoms with Gasteiger partial charge in [0.2, 0.25) is 0 Å². The van der Waals surface area contributed by atoms with Crippen LogP contribution in [0.2, 0.25) is 0 Å². The van der Waals surface area contributed by atoms with Gasteiger partial charge in [0, 0.05) is 25.6 Å². The van der Waals surface area contributed by atoms with E-state index < -0.39 is 0 Å². The van der Waals surface area contributed by atoms with Gasteiger partial charge >= 0.3 is 0 Å². The van der Waals surface area contributed by atoms with Gasteiger partial charge in [0.1, 0.15) is 11.6 Å². The summed E-state index contributed by atoms with van der Waals surface area (Å²) in [7, 11) is 0. The molecular weight excluding hydrogens is 370 g/mol. The molecule has 3 N–H and O–H groups in total. The molecule has 1 saturated heterocycles. The number of fused-ring (bicyclic) bond motifs is 1. The zero-order chi connectivity index (χ0) is 20.2. The lowest BCUT2D eigenvalue weighted by molar-refractivity contribution is 0.122. The molecule has 4 rings (SSSR count). The van der Waals surface area contributed by atoms with Crippen molar-refractivity contribution in [3.8, 4) is 6.07 Å². The van der Waals surface area contributed by atoms with Gasteiger partial charge < -0.3 is 30.7 Å². The summed E-state index contributed by atoms with van der Waals surface area (Å²) in [5.74, 6) is 0.368. The third kappa shape index (κ3) is 3.93. The number of hydrogen-bond donors (Lipinski definition) is 3. The van der Waals surface area contributed by atoms with E-state index in [1.165, 1.54) is 5.57 Å². The molecule has 2 heterocycles. The number of hydrogen-bond acceptors (Lipinski definition) is 8. The Bertz CT molecular complexity index is 881. The van der Waals surface area contributed by atoms with Crippen molar-refractivity contribution in [1.29, 1.82) is 5.26 Å². The molecular formula is C21H24N5O3-. The van der Waals surface area contributed by atoms with Crippen LogP contribution in [0.25, 0.3) is 0 Å². The molecule has 2 aliphatic heterocycles. The Hall–Kier alpha value is -2.99. The monoisotopic (exact) mass is 394 g/mol. The quantitative estimate of drug-likeness (QED) is 0.632. The van der Waals surface area contributed by atoms with E-state index in [9.17, 15) is 15.7 Å². The first-order valence-electron chi connectivity index (χ1n) is 9.79. The summed E-state index contributed by atoms with van der Waals surface area (Å²) in [5.41, 5.74) is 2.84. The Kier molecular flexibility index (Phi) is 5.71. The molecule has 8 nitrogen and oxygen atoms in total. The minimum absolute atomic E-state index is 0.0682. The van der Waals surface area contributed by atoms with Crippen LogP contribution in [0.1, 0.15) is 12.0 Å². The van der Waals surface area contributed by atoms with Crippen LogP contribution in [0.4, 0.5) is 17.1 Å². The van der Waals surface area contributed by atoms with E-state index >= 15 is 0 Å². The average Bonchev–Trinajstić information content (AvgIpc) is 3.17. The molecule has 1 aromatic carbocycles. The molecule has 0 aromatic heterocycles. The summed E-state index contributed by atoms with van der Waals surface area (Å²) in [6, 6.07) is 5.75. The summed E-state index contributed by atoms with van der Waals surface area (Å²) >= 11 is 0. The van der Waals surface area contributed by atoms with Crippen LogP contribution < -0.4 is 20.8 Å². The zero-order valence-corrected chi connectivity index (χ0v) is 16.0. The van der Waals surface area contributed by atoms with E-state index in [2.05, 4.69) is 47.2 Å². The smallest absolute Gasteiger partial charge is 0.104 e. The molecule has 0 saturated carbocycles. The molecule has 1 aromatic rings. The van der Waals surface area contributed by atoms with E-state index in [4.69, 9.17) is 4.74 Å². The van der Waals surface area contributed by atoms with Crippen molar-refractivity contribution in [3.63, 3.8) is 0 Å². The summed E-state index contributed by atoms with van der Waals surface area (Å²) in [6.45, 7) is 2.79. The molecule has 0 amide bonds. The summed E-state index contributed by atoms with van der Waals surface area (Å²) < 4.78 is 5.37. The highest BCUT2D eigenvalue weighted by Gasteiger charge is 2.26. The third-order valence-corrected chi connectivity index (χ3v) is 5.56. The highest BCUT2D eigenvalue weighted by Crippen LogP contribution is 2.37. The Morgan fingerprint density at radius 3 is 2.86 bits per heavy atom. The van der Waals surface area contributed by atoms with Crippen LogP contribution in [0.5, 0.6) is 0 Å². The summed E-state index contributed by atoms with van der Waals surface area (Å²) in [4.78, 5) is 1.91. The number of allylic oxidation sites excluding steroid dienone is 2. The largest absolute Gasteiger partial charge is 0.733 e. The molecule has 152 valence electrons. The predicted octanol–water partition coefficient (Wildman–Crippen LogP) is 2.49. The van der Waals surface area contributed by atoms with Crippen LogP contribution in [0.15, 0.2) is 48.2 Å². The molecule has 2 unspecified atom stereocenters. The molecule has 0 radical (unpaired) electrons. The Morgan fingerprint density at radius 2 is 2.10 bits per heavy atom. The van der Waals surface area contributed by atoms with Crippen molar-refractivity contribution in [2.24, 2.45) is 5.92 Å². The van der Waals surface area contributed by atoms with Crippen LogP contribution in [-0.4, -0.2) is 44.1 Å². The lowest BCUT2D eigenvalue weighted by atomic mass is 9.90. The second-order valence-electron chi connectivity index (χ2n) is 7.22. The Balaban J connectivity index is 1.51. The van der Waals surface area contributed by atoms with Crippen molar-refractivity contribution in [2.75, 3.05) is 48.3 Å². The Labute approximate surface area is 169 Å². The molecule has 0 spiro atoms. The summed E-state index contributed by atoms with van der Waals surface area (Å²) in [6.07, 6.45) is 11.4. The van der Waals surface area contributed by atoms with Crippen LogP contribution in [-0.2, 0) is 4.74 Å². The highest BCUT2D eigenvalue weighted by molar-refractivity contribution is 5.84. The fourth-order valence-corrected chi connectivity index (χ4v) is 4.10. The van der Waals surface area contributed by atoms with Crippen molar-refractivity contribution >= 4 is 17.1 Å². The SMILES string of the molecule is N#Cc1c(NCCC2=CNC3C=CC=CC23)ccc(N([O-])O)c1N1CCOCC1. The number of rotatable bonds is 6. The van der Waals surface area contributed by atoms with Gasteiger partial charge in [-0.05, 0) is 30.3 Å². The maximum Gasteiger partial charge on any atom is 0.104 e.